The predicted octanol–water partition coefficient (Wildman–Crippen LogP) is 2.74. The third kappa shape index (κ3) is 5.78. The van der Waals surface area contributed by atoms with E-state index in [1.807, 2.05) is 26.1 Å². The number of ether oxygens (including phenoxy) is 1. The summed E-state index contributed by atoms with van der Waals surface area (Å²) in [5.41, 5.74) is 1.90. The first-order valence-corrected chi connectivity index (χ1v) is 13.2. The van der Waals surface area contributed by atoms with Gasteiger partial charge in [0.1, 0.15) is 16.7 Å². The molecule has 0 unspecified atom stereocenters. The lowest BCUT2D eigenvalue weighted by Gasteiger charge is -2.37. The highest BCUT2D eigenvalue weighted by Gasteiger charge is 2.38. The van der Waals surface area contributed by atoms with Crippen LogP contribution in [0, 0.1) is 23.7 Å². The van der Waals surface area contributed by atoms with Crippen LogP contribution in [0.15, 0.2) is 47.6 Å². The Morgan fingerprint density at radius 1 is 1.26 bits per heavy atom. The van der Waals surface area contributed by atoms with E-state index in [2.05, 4.69) is 21.7 Å². The Labute approximate surface area is 202 Å². The van der Waals surface area contributed by atoms with Crippen LogP contribution in [-0.4, -0.2) is 66.6 Å². The fraction of sp³-hybridized carbons (Fsp3) is 0.500. The van der Waals surface area contributed by atoms with Gasteiger partial charge in [-0.15, -0.1) is 0 Å². The molecule has 2 aliphatic rings. The van der Waals surface area contributed by atoms with E-state index in [0.717, 1.165) is 30.5 Å². The molecule has 7 nitrogen and oxygen atoms in total. The van der Waals surface area contributed by atoms with Crippen LogP contribution >= 0.6 is 0 Å². The summed E-state index contributed by atoms with van der Waals surface area (Å²) in [5, 5.41) is 9.79. The van der Waals surface area contributed by atoms with E-state index in [1.54, 1.807) is 37.5 Å². The minimum Gasteiger partial charge on any atom is -0.487 e. The van der Waals surface area contributed by atoms with Gasteiger partial charge < -0.3 is 9.84 Å². The van der Waals surface area contributed by atoms with Gasteiger partial charge in [0, 0.05) is 55.5 Å². The van der Waals surface area contributed by atoms with Gasteiger partial charge in [-0.25, -0.2) is 8.42 Å². The molecule has 0 saturated heterocycles. The summed E-state index contributed by atoms with van der Waals surface area (Å²) in [4.78, 5) is 6.37. The standard InChI is InChI=1S/C26H33N3O4S/c1-19-15-29(20(2)18-30)34(31,32)26-9-8-22(7-6-21-4-5-21)14-24(26)33-25(19)17-28(3)16-23-10-12-27-13-11-23/h8-14,19-21,25,30H,4-5,15-18H2,1-3H3/t19-,20-,25+/m0/s1. The van der Waals surface area contributed by atoms with Crippen molar-refractivity contribution in [2.75, 3.05) is 26.7 Å². The van der Waals surface area contributed by atoms with Crippen LogP contribution < -0.4 is 4.74 Å². The Bertz CT molecular complexity index is 1160. The van der Waals surface area contributed by atoms with Crippen LogP contribution in [0.25, 0.3) is 0 Å². The van der Waals surface area contributed by atoms with Crippen LogP contribution in [0.2, 0.25) is 0 Å². The third-order valence-electron chi connectivity index (χ3n) is 6.36. The lowest BCUT2D eigenvalue weighted by Crippen LogP contribution is -2.49. The fourth-order valence-corrected chi connectivity index (χ4v) is 5.93. The minimum absolute atomic E-state index is 0.0991. The number of aromatic nitrogens is 1. The van der Waals surface area contributed by atoms with E-state index >= 15 is 0 Å². The van der Waals surface area contributed by atoms with E-state index < -0.39 is 16.1 Å². The molecule has 1 saturated carbocycles. The number of benzene rings is 1. The molecule has 4 rings (SSSR count). The van der Waals surface area contributed by atoms with Crippen molar-refractivity contribution < 1.29 is 18.3 Å². The molecule has 0 amide bonds. The number of aliphatic hydroxyl groups excluding tert-OH is 1. The van der Waals surface area contributed by atoms with Gasteiger partial charge in [0.05, 0.1) is 6.61 Å². The molecule has 1 N–H and O–H groups in total. The van der Waals surface area contributed by atoms with Crippen molar-refractivity contribution in [1.82, 2.24) is 14.2 Å². The Balaban J connectivity index is 1.66. The van der Waals surface area contributed by atoms with Crippen molar-refractivity contribution in [3.05, 3.63) is 53.9 Å². The van der Waals surface area contributed by atoms with Crippen LogP contribution in [0.3, 0.4) is 0 Å². The number of hydrogen-bond donors (Lipinski definition) is 1. The molecule has 1 aromatic carbocycles. The van der Waals surface area contributed by atoms with E-state index in [4.69, 9.17) is 4.74 Å². The largest absolute Gasteiger partial charge is 0.487 e. The summed E-state index contributed by atoms with van der Waals surface area (Å²) >= 11 is 0. The number of aliphatic hydroxyl groups is 1. The molecule has 8 heteroatoms. The van der Waals surface area contributed by atoms with E-state index in [1.165, 1.54) is 4.31 Å². The third-order valence-corrected chi connectivity index (χ3v) is 8.38. The first-order chi connectivity index (χ1) is 16.3. The number of rotatable bonds is 6. The number of hydrogen-bond acceptors (Lipinski definition) is 6. The topological polar surface area (TPSA) is 83.0 Å². The smallest absolute Gasteiger partial charge is 0.247 e. The number of sulfonamides is 1. The predicted molar refractivity (Wildman–Crippen MR) is 131 cm³/mol. The second-order valence-electron chi connectivity index (χ2n) is 9.50. The monoisotopic (exact) mass is 483 g/mol. The van der Waals surface area contributed by atoms with Crippen molar-refractivity contribution in [1.29, 1.82) is 0 Å². The highest BCUT2D eigenvalue weighted by molar-refractivity contribution is 7.89. The zero-order chi connectivity index (χ0) is 24.3. The average Bonchev–Trinajstić information content (AvgIpc) is 3.64. The van der Waals surface area contributed by atoms with Crippen LogP contribution in [-0.2, 0) is 16.6 Å². The first-order valence-electron chi connectivity index (χ1n) is 11.8. The Hall–Kier alpha value is -2.44. The number of likely N-dealkylation sites (N-methyl/N-ethyl adjacent to an activating group) is 1. The molecular formula is C26H33N3O4S. The highest BCUT2D eigenvalue weighted by atomic mass is 32.2. The lowest BCUT2D eigenvalue weighted by molar-refractivity contribution is 0.0733. The van der Waals surface area contributed by atoms with Gasteiger partial charge in [0.2, 0.25) is 10.0 Å². The number of nitrogens with zero attached hydrogens (tertiary/aromatic N) is 3. The summed E-state index contributed by atoms with van der Waals surface area (Å²) in [5.74, 6) is 7.08. The van der Waals surface area contributed by atoms with Crippen LogP contribution in [0.4, 0.5) is 0 Å². The maximum absolute atomic E-state index is 13.6. The number of pyridine rings is 1. The van der Waals surface area contributed by atoms with Gasteiger partial charge >= 0.3 is 0 Å². The first kappa shape index (κ1) is 24.7. The summed E-state index contributed by atoms with van der Waals surface area (Å²) in [7, 11) is -1.82. The van der Waals surface area contributed by atoms with Gasteiger partial charge in [-0.1, -0.05) is 18.8 Å². The SMILES string of the molecule is C[C@H]1CN([C@@H](C)CO)S(=O)(=O)c2ccc(C#CC3CC3)cc2O[C@@H]1CN(C)Cc1ccncc1. The molecule has 182 valence electrons. The molecule has 0 bridgehead atoms. The molecule has 1 aromatic heterocycles. The van der Waals surface area contributed by atoms with Crippen molar-refractivity contribution in [3.8, 4) is 17.6 Å². The summed E-state index contributed by atoms with van der Waals surface area (Å²) in [6.07, 6.45) is 5.55. The van der Waals surface area contributed by atoms with Gasteiger partial charge in [-0.05, 0) is 62.7 Å². The molecule has 1 fully saturated rings. The Morgan fingerprint density at radius 2 is 2.00 bits per heavy atom. The minimum atomic E-state index is -3.84. The van der Waals surface area contributed by atoms with E-state index in [-0.39, 0.29) is 30.1 Å². The van der Waals surface area contributed by atoms with Crippen molar-refractivity contribution in [2.24, 2.45) is 11.8 Å². The summed E-state index contributed by atoms with van der Waals surface area (Å²) in [6.45, 7) is 5.08. The quantitative estimate of drug-likeness (QED) is 0.637. The maximum Gasteiger partial charge on any atom is 0.247 e. The Kier molecular flexibility index (Phi) is 7.58. The zero-order valence-corrected chi connectivity index (χ0v) is 20.8. The average molecular weight is 484 g/mol. The Morgan fingerprint density at radius 3 is 2.68 bits per heavy atom. The zero-order valence-electron chi connectivity index (χ0n) is 20.0. The van der Waals surface area contributed by atoms with Gasteiger partial charge in [0.15, 0.2) is 0 Å². The van der Waals surface area contributed by atoms with Crippen LogP contribution in [0.1, 0.15) is 37.8 Å². The molecule has 1 aliphatic heterocycles. The van der Waals surface area contributed by atoms with Gasteiger partial charge in [0.25, 0.3) is 0 Å². The maximum atomic E-state index is 13.6. The second-order valence-corrected chi connectivity index (χ2v) is 11.4. The number of fused-ring (bicyclic) bond motifs is 1. The molecular weight excluding hydrogens is 450 g/mol. The molecule has 3 atom stereocenters. The van der Waals surface area contributed by atoms with Crippen molar-refractivity contribution in [2.45, 2.75) is 50.3 Å². The second kappa shape index (κ2) is 10.4. The molecule has 34 heavy (non-hydrogen) atoms. The molecule has 0 spiro atoms. The van der Waals surface area contributed by atoms with Crippen LogP contribution in [0.5, 0.6) is 5.75 Å². The normalized spacial score (nSPS) is 23.1. The molecule has 2 aromatic rings. The fourth-order valence-electron chi connectivity index (χ4n) is 4.11. The molecule has 1 aliphatic carbocycles. The van der Waals surface area contributed by atoms with Crippen molar-refractivity contribution in [3.63, 3.8) is 0 Å². The summed E-state index contributed by atoms with van der Waals surface area (Å²) < 4.78 is 35.0. The van der Waals surface area contributed by atoms with Gasteiger partial charge in [-0.2, -0.15) is 4.31 Å². The van der Waals surface area contributed by atoms with E-state index in [0.29, 0.717) is 18.2 Å². The molecule has 0 radical (unpaired) electrons. The molecule has 2 heterocycles. The van der Waals surface area contributed by atoms with Crippen molar-refractivity contribution >= 4 is 10.0 Å². The van der Waals surface area contributed by atoms with Gasteiger partial charge in [-0.3, -0.25) is 9.88 Å². The van der Waals surface area contributed by atoms with E-state index in [9.17, 15) is 13.5 Å². The highest BCUT2D eigenvalue weighted by Crippen LogP contribution is 2.34. The lowest BCUT2D eigenvalue weighted by atomic mass is 10.0. The summed E-state index contributed by atoms with van der Waals surface area (Å²) in [6, 6.07) is 8.51.